The molecule has 1 atom stereocenters. The van der Waals surface area contributed by atoms with Gasteiger partial charge >= 0.3 is 0 Å². The molecule has 0 spiro atoms. The molecule has 3 rings (SSSR count). The van der Waals surface area contributed by atoms with Gasteiger partial charge in [0.15, 0.2) is 6.61 Å². The Balaban J connectivity index is 1.92. The maximum Gasteiger partial charge on any atom is 0.261 e. The van der Waals surface area contributed by atoms with Crippen molar-refractivity contribution in [3.8, 4) is 5.75 Å². The first kappa shape index (κ1) is 26.6. The van der Waals surface area contributed by atoms with E-state index in [-0.39, 0.29) is 30.9 Å². The molecule has 0 saturated carbocycles. The van der Waals surface area contributed by atoms with Gasteiger partial charge in [-0.05, 0) is 41.3 Å². The minimum atomic E-state index is -0.755. The summed E-state index contributed by atoms with van der Waals surface area (Å²) in [6.07, 6.45) is 0.354. The number of nitrogens with one attached hydrogen (secondary N) is 1. The molecule has 0 aliphatic carbocycles. The fourth-order valence-corrected chi connectivity index (χ4v) is 4.02. The number of para-hydroxylation sites is 1. The molecule has 0 bridgehead atoms. The lowest BCUT2D eigenvalue weighted by Gasteiger charge is -2.32. The van der Waals surface area contributed by atoms with E-state index in [1.807, 2.05) is 62.4 Å². The third-order valence-electron chi connectivity index (χ3n) is 5.42. The van der Waals surface area contributed by atoms with Crippen molar-refractivity contribution in [1.82, 2.24) is 10.2 Å². The van der Waals surface area contributed by atoms with E-state index in [9.17, 15) is 9.59 Å². The number of hydrogen-bond acceptors (Lipinski definition) is 3. The Kier molecular flexibility index (Phi) is 10.0. The quantitative estimate of drug-likeness (QED) is 0.354. The Labute approximate surface area is 217 Å². The fourth-order valence-electron chi connectivity index (χ4n) is 3.55. The SMILES string of the molecule is CC(C)CNC(=O)C(Cc1ccccc1)N(Cc1ccc(Cl)cc1Cl)C(=O)COc1ccccc1. The van der Waals surface area contributed by atoms with Crippen molar-refractivity contribution >= 4 is 35.0 Å². The Morgan fingerprint density at radius 3 is 2.23 bits per heavy atom. The molecule has 0 aliphatic rings. The lowest BCUT2D eigenvalue weighted by atomic mass is 10.0. The average molecular weight is 513 g/mol. The number of nitrogens with zero attached hydrogens (tertiary/aromatic N) is 1. The first-order valence-electron chi connectivity index (χ1n) is 11.6. The summed E-state index contributed by atoms with van der Waals surface area (Å²) in [6.45, 7) is 4.49. The molecule has 3 aromatic rings. The molecule has 0 aliphatic heterocycles. The van der Waals surface area contributed by atoms with Crippen LogP contribution in [0.3, 0.4) is 0 Å². The highest BCUT2D eigenvalue weighted by molar-refractivity contribution is 6.35. The van der Waals surface area contributed by atoms with Gasteiger partial charge in [0.05, 0.1) is 0 Å². The topological polar surface area (TPSA) is 58.6 Å². The number of halogens is 2. The second-order valence-corrected chi connectivity index (χ2v) is 9.55. The molecule has 0 fully saturated rings. The summed E-state index contributed by atoms with van der Waals surface area (Å²) in [5.74, 6) is 0.308. The zero-order valence-electron chi connectivity index (χ0n) is 19.9. The van der Waals surface area contributed by atoms with Crippen LogP contribution in [0.5, 0.6) is 5.75 Å². The Hall–Kier alpha value is -3.02. The van der Waals surface area contributed by atoms with Gasteiger partial charge in [0.1, 0.15) is 11.8 Å². The van der Waals surface area contributed by atoms with Crippen LogP contribution in [0.4, 0.5) is 0 Å². The van der Waals surface area contributed by atoms with Crippen LogP contribution in [0.15, 0.2) is 78.9 Å². The zero-order valence-corrected chi connectivity index (χ0v) is 21.4. The Morgan fingerprint density at radius 1 is 0.943 bits per heavy atom. The predicted octanol–water partition coefficient (Wildman–Crippen LogP) is 5.78. The van der Waals surface area contributed by atoms with Gasteiger partial charge in [-0.2, -0.15) is 0 Å². The number of rotatable bonds is 11. The zero-order chi connectivity index (χ0) is 25.2. The van der Waals surface area contributed by atoms with Crippen molar-refractivity contribution in [2.75, 3.05) is 13.2 Å². The van der Waals surface area contributed by atoms with Crippen LogP contribution in [0.2, 0.25) is 10.0 Å². The largest absolute Gasteiger partial charge is 0.484 e. The van der Waals surface area contributed by atoms with E-state index in [1.54, 1.807) is 35.2 Å². The number of hydrogen-bond donors (Lipinski definition) is 1. The molecule has 0 radical (unpaired) electrons. The molecule has 0 saturated heterocycles. The smallest absolute Gasteiger partial charge is 0.261 e. The maximum atomic E-state index is 13.5. The number of carbonyl (C=O) groups excluding carboxylic acids is 2. The van der Waals surface area contributed by atoms with Gasteiger partial charge in [0.25, 0.3) is 5.91 Å². The van der Waals surface area contributed by atoms with E-state index in [1.165, 1.54) is 0 Å². The second-order valence-electron chi connectivity index (χ2n) is 8.70. The van der Waals surface area contributed by atoms with Crippen LogP contribution in [0.1, 0.15) is 25.0 Å². The number of benzene rings is 3. The molecule has 5 nitrogen and oxygen atoms in total. The summed E-state index contributed by atoms with van der Waals surface area (Å²) in [5.41, 5.74) is 1.64. The number of amides is 2. The lowest BCUT2D eigenvalue weighted by molar-refractivity contribution is -0.142. The van der Waals surface area contributed by atoms with Gasteiger partial charge in [0.2, 0.25) is 5.91 Å². The number of ether oxygens (including phenoxy) is 1. The summed E-state index contributed by atoms with van der Waals surface area (Å²) in [5, 5.41) is 3.92. The standard InChI is InChI=1S/C28H30Cl2N2O3/c1-20(2)17-31-28(34)26(15-21-9-5-3-6-10-21)32(18-22-13-14-23(29)16-25(22)30)27(33)19-35-24-11-7-4-8-12-24/h3-14,16,20,26H,15,17-19H2,1-2H3,(H,31,34). The van der Waals surface area contributed by atoms with E-state index in [0.29, 0.717) is 34.3 Å². The van der Waals surface area contributed by atoms with Crippen molar-refractivity contribution in [2.45, 2.75) is 32.9 Å². The summed E-state index contributed by atoms with van der Waals surface area (Å²) in [6, 6.07) is 23.1. The van der Waals surface area contributed by atoms with Crippen molar-refractivity contribution in [1.29, 1.82) is 0 Å². The molecule has 7 heteroatoms. The van der Waals surface area contributed by atoms with E-state index in [2.05, 4.69) is 5.32 Å². The van der Waals surface area contributed by atoms with Crippen LogP contribution in [0, 0.1) is 5.92 Å². The van der Waals surface area contributed by atoms with Crippen molar-refractivity contribution in [3.63, 3.8) is 0 Å². The summed E-state index contributed by atoms with van der Waals surface area (Å²) < 4.78 is 5.74. The second kappa shape index (κ2) is 13.2. The first-order chi connectivity index (χ1) is 16.8. The normalized spacial score (nSPS) is 11.7. The molecule has 1 unspecified atom stereocenters. The summed E-state index contributed by atoms with van der Waals surface area (Å²) in [4.78, 5) is 28.5. The van der Waals surface area contributed by atoms with Crippen LogP contribution in [0.25, 0.3) is 0 Å². The fraction of sp³-hybridized carbons (Fsp3) is 0.286. The third-order valence-corrected chi connectivity index (χ3v) is 6.00. The molecule has 0 aromatic heterocycles. The molecule has 3 aromatic carbocycles. The molecular formula is C28H30Cl2N2O3. The van der Waals surface area contributed by atoms with Crippen LogP contribution >= 0.6 is 23.2 Å². The van der Waals surface area contributed by atoms with Crippen molar-refractivity contribution in [3.05, 3.63) is 100 Å². The van der Waals surface area contributed by atoms with Gasteiger partial charge in [-0.1, -0.05) is 91.6 Å². The monoisotopic (exact) mass is 512 g/mol. The highest BCUT2D eigenvalue weighted by atomic mass is 35.5. The van der Waals surface area contributed by atoms with E-state index in [0.717, 1.165) is 5.56 Å². The van der Waals surface area contributed by atoms with E-state index < -0.39 is 6.04 Å². The van der Waals surface area contributed by atoms with E-state index in [4.69, 9.17) is 27.9 Å². The van der Waals surface area contributed by atoms with Crippen molar-refractivity contribution < 1.29 is 14.3 Å². The van der Waals surface area contributed by atoms with E-state index >= 15 is 0 Å². The number of carbonyl (C=O) groups is 2. The van der Waals surface area contributed by atoms with Crippen molar-refractivity contribution in [2.24, 2.45) is 5.92 Å². The molecule has 1 N–H and O–H groups in total. The lowest BCUT2D eigenvalue weighted by Crippen LogP contribution is -2.52. The van der Waals surface area contributed by atoms with Gasteiger partial charge < -0.3 is 15.0 Å². The first-order valence-corrected chi connectivity index (χ1v) is 12.3. The van der Waals surface area contributed by atoms with Gasteiger partial charge in [-0.15, -0.1) is 0 Å². The highest BCUT2D eigenvalue weighted by Gasteiger charge is 2.31. The molecule has 35 heavy (non-hydrogen) atoms. The van der Waals surface area contributed by atoms with Crippen LogP contribution in [-0.4, -0.2) is 35.9 Å². The minimum Gasteiger partial charge on any atom is -0.484 e. The highest BCUT2D eigenvalue weighted by Crippen LogP contribution is 2.24. The maximum absolute atomic E-state index is 13.5. The van der Waals surface area contributed by atoms with Gasteiger partial charge in [-0.25, -0.2) is 0 Å². The molecule has 0 heterocycles. The Bertz CT molecular complexity index is 1110. The van der Waals surface area contributed by atoms with Gasteiger partial charge in [-0.3, -0.25) is 9.59 Å². The molecular weight excluding hydrogens is 483 g/mol. The Morgan fingerprint density at radius 2 is 1.60 bits per heavy atom. The summed E-state index contributed by atoms with van der Waals surface area (Å²) in [7, 11) is 0. The third kappa shape index (κ3) is 8.30. The van der Waals surface area contributed by atoms with Crippen LogP contribution in [-0.2, 0) is 22.6 Å². The molecule has 2 amide bonds. The molecule has 184 valence electrons. The van der Waals surface area contributed by atoms with Crippen LogP contribution < -0.4 is 10.1 Å². The summed E-state index contributed by atoms with van der Waals surface area (Å²) >= 11 is 12.5. The predicted molar refractivity (Wildman–Crippen MR) is 141 cm³/mol. The minimum absolute atomic E-state index is 0.138. The average Bonchev–Trinajstić information content (AvgIpc) is 2.85. The van der Waals surface area contributed by atoms with Gasteiger partial charge in [0, 0.05) is 29.6 Å².